The van der Waals surface area contributed by atoms with Gasteiger partial charge in [-0.25, -0.2) is 9.48 Å². The third-order valence-corrected chi connectivity index (χ3v) is 7.35. The van der Waals surface area contributed by atoms with Crippen LogP contribution in [0.25, 0.3) is 11.3 Å². The number of hydrogen-bond donors (Lipinski definition) is 0. The van der Waals surface area contributed by atoms with Gasteiger partial charge in [0.1, 0.15) is 22.8 Å². The summed E-state index contributed by atoms with van der Waals surface area (Å²) in [5, 5.41) is 9.26. The molecule has 2 aliphatic rings. The maximum absolute atomic E-state index is 13.5. The number of nitrogens with zero attached hydrogens (tertiary/aromatic N) is 5. The normalized spacial score (nSPS) is 17.7. The number of aromatic nitrogens is 4. The highest BCUT2D eigenvalue weighted by molar-refractivity contribution is 6.33. The van der Waals surface area contributed by atoms with E-state index in [9.17, 15) is 9.59 Å². The van der Waals surface area contributed by atoms with Crippen molar-refractivity contribution >= 4 is 17.5 Å². The van der Waals surface area contributed by atoms with Crippen LogP contribution in [0.2, 0.25) is 5.02 Å². The maximum Gasteiger partial charge on any atom is 0.345 e. The number of likely N-dealkylation sites (tertiary alicyclic amines) is 1. The Bertz CT molecular complexity index is 1230. The lowest BCUT2D eigenvalue weighted by Crippen LogP contribution is -2.39. The standard InChI is InChI=1S/C24H28ClN5O3/c1-15-20(21(27-33-15)18-9-5-6-10-19(18)25)23(31)29-13-11-16(12-14-29)22-26-28(2)24(32)30(22)17-7-3-4-8-17/h5-6,9-10,16-17H,3-4,7-8,11-14H2,1-2H3. The molecule has 2 aromatic heterocycles. The molecule has 3 aromatic rings. The molecule has 33 heavy (non-hydrogen) atoms. The van der Waals surface area contributed by atoms with E-state index in [1.54, 1.807) is 20.0 Å². The first-order valence-electron chi connectivity index (χ1n) is 11.6. The van der Waals surface area contributed by atoms with Crippen LogP contribution in [-0.2, 0) is 7.05 Å². The molecule has 1 aliphatic heterocycles. The highest BCUT2D eigenvalue weighted by Gasteiger charge is 2.33. The number of halogens is 1. The fourth-order valence-corrected chi connectivity index (χ4v) is 5.47. The van der Waals surface area contributed by atoms with Gasteiger partial charge in [-0.05, 0) is 38.7 Å². The van der Waals surface area contributed by atoms with E-state index in [4.69, 9.17) is 16.1 Å². The third-order valence-electron chi connectivity index (χ3n) is 7.02. The van der Waals surface area contributed by atoms with Crippen LogP contribution in [0.5, 0.6) is 0 Å². The van der Waals surface area contributed by atoms with Gasteiger partial charge in [-0.1, -0.05) is 47.8 Å². The minimum atomic E-state index is -0.101. The van der Waals surface area contributed by atoms with Gasteiger partial charge in [-0.15, -0.1) is 0 Å². The van der Waals surface area contributed by atoms with Crippen LogP contribution >= 0.6 is 11.6 Å². The van der Waals surface area contributed by atoms with Crippen LogP contribution in [0.3, 0.4) is 0 Å². The van der Waals surface area contributed by atoms with Crippen molar-refractivity contribution in [3.05, 3.63) is 56.9 Å². The largest absolute Gasteiger partial charge is 0.360 e. The molecule has 9 heteroatoms. The molecule has 2 fully saturated rings. The van der Waals surface area contributed by atoms with E-state index in [1.807, 2.05) is 27.7 Å². The van der Waals surface area contributed by atoms with Gasteiger partial charge >= 0.3 is 5.69 Å². The number of amides is 1. The van der Waals surface area contributed by atoms with Gasteiger partial charge in [0.05, 0.1) is 5.02 Å². The Balaban J connectivity index is 1.36. The Kier molecular flexibility index (Phi) is 5.86. The van der Waals surface area contributed by atoms with Crippen LogP contribution in [0.4, 0.5) is 0 Å². The summed E-state index contributed by atoms with van der Waals surface area (Å²) >= 11 is 6.36. The summed E-state index contributed by atoms with van der Waals surface area (Å²) in [5.74, 6) is 1.42. The molecule has 0 spiro atoms. The Hall–Kier alpha value is -2.87. The van der Waals surface area contributed by atoms with Gasteiger partial charge in [0, 0.05) is 37.7 Å². The van der Waals surface area contributed by atoms with Crippen LogP contribution < -0.4 is 5.69 Å². The molecule has 0 N–H and O–H groups in total. The lowest BCUT2D eigenvalue weighted by Gasteiger charge is -2.32. The SMILES string of the molecule is Cc1onc(-c2ccccc2Cl)c1C(=O)N1CCC(c2nn(C)c(=O)n2C2CCCC2)CC1. The molecule has 0 radical (unpaired) electrons. The maximum atomic E-state index is 13.5. The molecule has 3 heterocycles. The summed E-state index contributed by atoms with van der Waals surface area (Å²) in [6.07, 6.45) is 5.91. The van der Waals surface area contributed by atoms with Gasteiger partial charge in [0.15, 0.2) is 0 Å². The molecule has 1 amide bonds. The predicted octanol–water partition coefficient (Wildman–Crippen LogP) is 4.33. The number of hydrogen-bond acceptors (Lipinski definition) is 5. The topological polar surface area (TPSA) is 86.2 Å². The molecule has 1 saturated heterocycles. The Morgan fingerprint density at radius 1 is 1.12 bits per heavy atom. The van der Waals surface area contributed by atoms with Crippen molar-refractivity contribution in [1.29, 1.82) is 0 Å². The summed E-state index contributed by atoms with van der Waals surface area (Å²) in [6.45, 7) is 2.93. The fraction of sp³-hybridized carbons (Fsp3) is 0.500. The van der Waals surface area contributed by atoms with E-state index >= 15 is 0 Å². The zero-order chi connectivity index (χ0) is 23.1. The van der Waals surface area contributed by atoms with E-state index in [2.05, 4.69) is 10.3 Å². The van der Waals surface area contributed by atoms with Crippen molar-refractivity contribution in [2.45, 2.75) is 57.4 Å². The number of piperidine rings is 1. The second-order valence-corrected chi connectivity index (χ2v) is 9.49. The zero-order valence-corrected chi connectivity index (χ0v) is 19.7. The highest BCUT2D eigenvalue weighted by Crippen LogP contribution is 2.35. The summed E-state index contributed by atoms with van der Waals surface area (Å²) in [4.78, 5) is 28.1. The minimum Gasteiger partial charge on any atom is -0.360 e. The number of aryl methyl sites for hydroxylation is 2. The Labute approximate surface area is 197 Å². The smallest absolute Gasteiger partial charge is 0.345 e. The number of benzene rings is 1. The number of rotatable bonds is 4. The van der Waals surface area contributed by atoms with Crippen LogP contribution in [0.1, 0.15) is 72.4 Å². The molecule has 0 bridgehead atoms. The fourth-order valence-electron chi connectivity index (χ4n) is 5.24. The zero-order valence-electron chi connectivity index (χ0n) is 19.0. The van der Waals surface area contributed by atoms with Crippen molar-refractivity contribution in [2.24, 2.45) is 7.05 Å². The van der Waals surface area contributed by atoms with Crippen molar-refractivity contribution in [3.8, 4) is 11.3 Å². The first-order valence-corrected chi connectivity index (χ1v) is 12.0. The minimum absolute atomic E-state index is 0.0279. The summed E-state index contributed by atoms with van der Waals surface area (Å²) in [7, 11) is 1.72. The summed E-state index contributed by atoms with van der Waals surface area (Å²) < 4.78 is 8.77. The van der Waals surface area contributed by atoms with Crippen molar-refractivity contribution in [1.82, 2.24) is 24.4 Å². The molecule has 1 aromatic carbocycles. The van der Waals surface area contributed by atoms with Gasteiger partial charge in [0.2, 0.25) is 0 Å². The molecule has 1 saturated carbocycles. The van der Waals surface area contributed by atoms with Crippen LogP contribution in [0, 0.1) is 6.92 Å². The van der Waals surface area contributed by atoms with E-state index in [0.717, 1.165) is 44.3 Å². The third kappa shape index (κ3) is 3.90. The van der Waals surface area contributed by atoms with Crippen molar-refractivity contribution in [3.63, 3.8) is 0 Å². The van der Waals surface area contributed by atoms with Crippen LogP contribution in [-0.4, -0.2) is 43.4 Å². The van der Waals surface area contributed by atoms with Crippen LogP contribution in [0.15, 0.2) is 33.6 Å². The Morgan fingerprint density at radius 2 is 1.82 bits per heavy atom. The second-order valence-electron chi connectivity index (χ2n) is 9.08. The molecule has 5 rings (SSSR count). The molecule has 0 atom stereocenters. The lowest BCUT2D eigenvalue weighted by atomic mass is 9.94. The van der Waals surface area contributed by atoms with Gasteiger partial charge in [-0.2, -0.15) is 5.10 Å². The van der Waals surface area contributed by atoms with E-state index in [1.165, 1.54) is 4.68 Å². The number of carbonyl (C=O) groups excluding carboxylic acids is 1. The molecule has 1 aliphatic carbocycles. The lowest BCUT2D eigenvalue weighted by molar-refractivity contribution is 0.0708. The second kappa shape index (κ2) is 8.82. The van der Waals surface area contributed by atoms with E-state index < -0.39 is 0 Å². The van der Waals surface area contributed by atoms with E-state index in [-0.39, 0.29) is 23.6 Å². The Morgan fingerprint density at radius 3 is 2.52 bits per heavy atom. The summed E-state index contributed by atoms with van der Waals surface area (Å²) in [6, 6.07) is 7.57. The predicted molar refractivity (Wildman–Crippen MR) is 125 cm³/mol. The average Bonchev–Trinajstić information content (AvgIpc) is 3.54. The van der Waals surface area contributed by atoms with Gasteiger partial charge in [0.25, 0.3) is 5.91 Å². The first-order chi connectivity index (χ1) is 16.0. The average molecular weight is 470 g/mol. The van der Waals surface area contributed by atoms with Crippen molar-refractivity contribution in [2.75, 3.05) is 13.1 Å². The monoisotopic (exact) mass is 469 g/mol. The molecule has 8 nitrogen and oxygen atoms in total. The first kappa shape index (κ1) is 21.9. The van der Waals surface area contributed by atoms with Gasteiger partial charge in [-0.3, -0.25) is 9.36 Å². The van der Waals surface area contributed by atoms with E-state index in [0.29, 0.717) is 40.7 Å². The summed E-state index contributed by atoms with van der Waals surface area (Å²) in [5.41, 5.74) is 1.59. The molecular formula is C24H28ClN5O3. The van der Waals surface area contributed by atoms with Crippen molar-refractivity contribution < 1.29 is 9.32 Å². The highest BCUT2D eigenvalue weighted by atomic mass is 35.5. The molecular weight excluding hydrogens is 442 g/mol. The quantitative estimate of drug-likeness (QED) is 0.567. The van der Waals surface area contributed by atoms with Gasteiger partial charge < -0.3 is 9.42 Å². The molecule has 174 valence electrons. The molecule has 0 unspecified atom stereocenters. The number of carbonyl (C=O) groups is 1.